The second kappa shape index (κ2) is 6.44. The van der Waals surface area contributed by atoms with Gasteiger partial charge in [0.1, 0.15) is 12.4 Å². The van der Waals surface area contributed by atoms with Crippen molar-refractivity contribution < 1.29 is 9.37 Å². The van der Waals surface area contributed by atoms with Crippen LogP contribution >= 0.6 is 0 Å². The number of anilines is 1. The Kier molecular flexibility index (Phi) is 3.83. The van der Waals surface area contributed by atoms with Gasteiger partial charge in [-0.05, 0) is 28.0 Å². The molecule has 4 rings (SSSR count). The highest BCUT2D eigenvalue weighted by Gasteiger charge is 2.16. The van der Waals surface area contributed by atoms with Crippen LogP contribution in [0, 0.1) is 0 Å². The Morgan fingerprint density at radius 3 is 2.72 bits per heavy atom. The van der Waals surface area contributed by atoms with Gasteiger partial charge < -0.3 is 10.5 Å². The van der Waals surface area contributed by atoms with Crippen LogP contribution in [0.4, 0.5) is 5.82 Å². The van der Waals surface area contributed by atoms with E-state index in [0.29, 0.717) is 18.1 Å². The zero-order valence-corrected chi connectivity index (χ0v) is 13.1. The third-order valence-electron chi connectivity index (χ3n) is 3.62. The number of nitrogen functional groups attached to an aromatic ring is 1. The van der Waals surface area contributed by atoms with Crippen LogP contribution in [0.2, 0.25) is 0 Å². The lowest BCUT2D eigenvalue weighted by atomic mass is 10.1. The van der Waals surface area contributed by atoms with E-state index < -0.39 is 0 Å². The molecule has 0 aliphatic rings. The second-order valence-electron chi connectivity index (χ2n) is 5.31. The van der Waals surface area contributed by atoms with E-state index in [9.17, 15) is 0 Å². The Hall–Kier alpha value is -3.68. The summed E-state index contributed by atoms with van der Waals surface area (Å²) < 4.78 is 12.0. The number of rotatable bonds is 5. The first-order chi connectivity index (χ1) is 12.3. The number of nitrogens with two attached hydrogens (primary N) is 1. The molecular weight excluding hydrogens is 320 g/mol. The zero-order chi connectivity index (χ0) is 17.1. The quantitative estimate of drug-likeness (QED) is 0.597. The minimum absolute atomic E-state index is 0.142. The summed E-state index contributed by atoms with van der Waals surface area (Å²) in [6, 6.07) is 17.6. The maximum Gasteiger partial charge on any atom is 0.243 e. The molecule has 0 bridgehead atoms. The van der Waals surface area contributed by atoms with Crippen molar-refractivity contribution in [2.24, 2.45) is 0 Å². The summed E-state index contributed by atoms with van der Waals surface area (Å²) in [6.45, 7) is 0.488. The van der Waals surface area contributed by atoms with Gasteiger partial charge in [-0.25, -0.2) is 4.63 Å². The Morgan fingerprint density at radius 1 is 1.04 bits per heavy atom. The third-order valence-corrected chi connectivity index (χ3v) is 3.62. The smallest absolute Gasteiger partial charge is 0.243 e. The van der Waals surface area contributed by atoms with Crippen LogP contribution in [-0.4, -0.2) is 25.3 Å². The molecule has 0 saturated carbocycles. The highest BCUT2D eigenvalue weighted by Crippen LogP contribution is 2.26. The fourth-order valence-corrected chi connectivity index (χ4v) is 2.41. The Labute approximate surface area is 142 Å². The monoisotopic (exact) mass is 334 g/mol. The average molecular weight is 334 g/mol. The molecule has 0 aliphatic carbocycles. The van der Waals surface area contributed by atoms with Crippen molar-refractivity contribution in [3.05, 3.63) is 66.4 Å². The van der Waals surface area contributed by atoms with Crippen molar-refractivity contribution >= 4 is 5.82 Å². The summed E-state index contributed by atoms with van der Waals surface area (Å²) >= 11 is 0. The molecule has 0 fully saturated rings. The minimum Gasteiger partial charge on any atom is -0.489 e. The summed E-state index contributed by atoms with van der Waals surface area (Å²) in [5, 5.41) is 15.3. The molecule has 0 radical (unpaired) electrons. The molecule has 8 nitrogen and oxygen atoms in total. The number of aromatic nitrogens is 5. The van der Waals surface area contributed by atoms with E-state index in [-0.39, 0.29) is 5.82 Å². The fourth-order valence-electron chi connectivity index (χ4n) is 2.41. The van der Waals surface area contributed by atoms with Crippen LogP contribution in [-0.2, 0) is 6.61 Å². The number of ether oxygens (including phenoxy) is 1. The van der Waals surface area contributed by atoms with Crippen molar-refractivity contribution in [2.75, 3.05) is 5.73 Å². The van der Waals surface area contributed by atoms with Gasteiger partial charge in [-0.2, -0.15) is 4.68 Å². The zero-order valence-electron chi connectivity index (χ0n) is 13.1. The van der Waals surface area contributed by atoms with Crippen LogP contribution in [0.3, 0.4) is 0 Å². The highest BCUT2D eigenvalue weighted by molar-refractivity contribution is 5.63. The average Bonchev–Trinajstić information content (AvgIpc) is 3.29. The van der Waals surface area contributed by atoms with E-state index in [4.69, 9.17) is 10.5 Å². The van der Waals surface area contributed by atoms with E-state index in [1.807, 2.05) is 54.6 Å². The number of hydrogen-bond acceptors (Lipinski definition) is 7. The van der Waals surface area contributed by atoms with Crippen LogP contribution in [0.15, 0.2) is 65.4 Å². The predicted molar refractivity (Wildman–Crippen MR) is 89.8 cm³/mol. The molecule has 0 aliphatic heterocycles. The molecule has 0 amide bonds. The van der Waals surface area contributed by atoms with Crippen molar-refractivity contribution in [1.29, 1.82) is 0 Å². The maximum atomic E-state index is 5.86. The van der Waals surface area contributed by atoms with E-state index in [1.165, 1.54) is 4.68 Å². The van der Waals surface area contributed by atoms with E-state index in [1.54, 1.807) is 6.20 Å². The van der Waals surface area contributed by atoms with Crippen LogP contribution in [0.1, 0.15) is 5.56 Å². The standard InChI is InChI=1S/C17H14N6O2/c18-16-17(21-25-20-16)23-15(10-19-22-23)13-7-4-8-14(9-13)24-11-12-5-2-1-3-6-12/h1-10H,11H2,(H2,18,20). The first-order valence-corrected chi connectivity index (χ1v) is 7.57. The van der Waals surface area contributed by atoms with Crippen molar-refractivity contribution in [3.63, 3.8) is 0 Å². The second-order valence-corrected chi connectivity index (χ2v) is 5.31. The van der Waals surface area contributed by atoms with Gasteiger partial charge in [0.05, 0.1) is 11.9 Å². The largest absolute Gasteiger partial charge is 0.489 e. The predicted octanol–water partition coefficient (Wildman–Crippen LogP) is 2.48. The lowest BCUT2D eigenvalue weighted by molar-refractivity contribution is 0.306. The molecule has 0 atom stereocenters. The van der Waals surface area contributed by atoms with Gasteiger partial charge in [-0.3, -0.25) is 0 Å². The number of benzene rings is 2. The summed E-state index contributed by atoms with van der Waals surface area (Å²) in [5.74, 6) is 1.17. The first-order valence-electron chi connectivity index (χ1n) is 7.57. The maximum absolute atomic E-state index is 5.86. The molecule has 0 spiro atoms. The van der Waals surface area contributed by atoms with Gasteiger partial charge in [0.15, 0.2) is 0 Å². The number of hydrogen-bond donors (Lipinski definition) is 1. The van der Waals surface area contributed by atoms with Gasteiger partial charge >= 0.3 is 0 Å². The molecule has 4 aromatic rings. The fraction of sp³-hybridized carbons (Fsp3) is 0.0588. The summed E-state index contributed by atoms with van der Waals surface area (Å²) in [7, 11) is 0. The van der Waals surface area contributed by atoms with Gasteiger partial charge in [-0.1, -0.05) is 47.7 Å². The van der Waals surface area contributed by atoms with E-state index in [2.05, 4.69) is 25.3 Å². The van der Waals surface area contributed by atoms with Gasteiger partial charge in [0.25, 0.3) is 0 Å². The molecule has 2 aromatic carbocycles. The molecule has 2 N–H and O–H groups in total. The normalized spacial score (nSPS) is 10.7. The van der Waals surface area contributed by atoms with Crippen molar-refractivity contribution in [3.8, 4) is 22.8 Å². The summed E-state index contributed by atoms with van der Waals surface area (Å²) in [4.78, 5) is 0. The lowest BCUT2D eigenvalue weighted by Gasteiger charge is -2.08. The summed E-state index contributed by atoms with van der Waals surface area (Å²) in [5.41, 5.74) is 8.40. The Bertz CT molecular complexity index is 979. The molecule has 2 heterocycles. The third kappa shape index (κ3) is 3.05. The molecular formula is C17H14N6O2. The van der Waals surface area contributed by atoms with Crippen molar-refractivity contribution in [1.82, 2.24) is 25.3 Å². The SMILES string of the molecule is Nc1nonc1-n1nncc1-c1cccc(OCc2ccccc2)c1. The van der Waals surface area contributed by atoms with Gasteiger partial charge in [0.2, 0.25) is 11.6 Å². The van der Waals surface area contributed by atoms with Gasteiger partial charge in [-0.15, -0.1) is 5.10 Å². The van der Waals surface area contributed by atoms with Crippen LogP contribution in [0.5, 0.6) is 5.75 Å². The topological polar surface area (TPSA) is 105 Å². The van der Waals surface area contributed by atoms with Crippen molar-refractivity contribution in [2.45, 2.75) is 6.61 Å². The van der Waals surface area contributed by atoms with Gasteiger partial charge in [0, 0.05) is 5.56 Å². The molecule has 124 valence electrons. The summed E-state index contributed by atoms with van der Waals surface area (Å²) in [6.07, 6.45) is 1.62. The Morgan fingerprint density at radius 2 is 1.92 bits per heavy atom. The molecule has 8 heteroatoms. The van der Waals surface area contributed by atoms with E-state index >= 15 is 0 Å². The van der Waals surface area contributed by atoms with Crippen LogP contribution in [0.25, 0.3) is 17.1 Å². The highest BCUT2D eigenvalue weighted by atomic mass is 16.6. The molecule has 2 aromatic heterocycles. The molecule has 0 unspecified atom stereocenters. The Balaban J connectivity index is 1.60. The molecule has 0 saturated heterocycles. The lowest BCUT2D eigenvalue weighted by Crippen LogP contribution is -2.03. The molecule has 25 heavy (non-hydrogen) atoms. The number of nitrogens with zero attached hydrogens (tertiary/aromatic N) is 5. The van der Waals surface area contributed by atoms with E-state index in [0.717, 1.165) is 16.9 Å². The first kappa shape index (κ1) is 14.9. The minimum atomic E-state index is 0.142. The van der Waals surface area contributed by atoms with Crippen LogP contribution < -0.4 is 10.5 Å².